The zero-order valence-electron chi connectivity index (χ0n) is 30.7. The number of hydrogen-bond donors (Lipinski definition) is 0. The quantitative estimate of drug-likeness (QED) is 0.164. The molecule has 8 aromatic carbocycles. The van der Waals surface area contributed by atoms with E-state index in [1.807, 2.05) is 0 Å². The molecule has 4 heteroatoms. The molecule has 0 fully saturated rings. The molecule has 11 rings (SSSR count). The van der Waals surface area contributed by atoms with Crippen LogP contribution in [0.2, 0.25) is 0 Å². The van der Waals surface area contributed by atoms with Gasteiger partial charge in [-0.3, -0.25) is 0 Å². The average molecular weight is 720 g/mol. The predicted molar refractivity (Wildman–Crippen MR) is 235 cm³/mol. The lowest BCUT2D eigenvalue weighted by atomic mass is 10.1. The zero-order chi connectivity index (χ0) is 37.0. The normalized spacial score (nSPS) is 12.9. The molecule has 266 valence electrons. The van der Waals surface area contributed by atoms with Crippen molar-refractivity contribution in [3.63, 3.8) is 0 Å². The van der Waals surface area contributed by atoms with Crippen molar-refractivity contribution < 1.29 is 4.42 Å². The Kier molecular flexibility index (Phi) is 7.59. The van der Waals surface area contributed by atoms with Gasteiger partial charge >= 0.3 is 0 Å². The number of furan rings is 1. The molecule has 0 aliphatic heterocycles. The Hall–Kier alpha value is -7.30. The van der Waals surface area contributed by atoms with E-state index in [0.29, 0.717) is 0 Å². The number of benzene rings is 8. The van der Waals surface area contributed by atoms with Gasteiger partial charge in [-0.2, -0.15) is 0 Å². The van der Waals surface area contributed by atoms with Crippen LogP contribution in [0.1, 0.15) is 12.8 Å². The molecule has 0 amide bonds. The van der Waals surface area contributed by atoms with E-state index in [-0.39, 0.29) is 0 Å². The van der Waals surface area contributed by atoms with E-state index in [0.717, 1.165) is 85.3 Å². The minimum Gasteiger partial charge on any atom is -0.456 e. The molecule has 4 nitrogen and oxygen atoms in total. The Labute approximate surface area is 325 Å². The molecular formula is C52H37N3O. The van der Waals surface area contributed by atoms with Gasteiger partial charge in [0.2, 0.25) is 0 Å². The maximum Gasteiger partial charge on any atom is 0.137 e. The van der Waals surface area contributed by atoms with Gasteiger partial charge in [-0.05, 0) is 103 Å². The number of para-hydroxylation sites is 3. The fourth-order valence-electron chi connectivity index (χ4n) is 8.64. The van der Waals surface area contributed by atoms with Crippen LogP contribution in [-0.4, -0.2) is 4.57 Å². The average Bonchev–Trinajstić information content (AvgIpc) is 3.78. The SMILES string of the molecule is C1=CCCC(N(c2ccccc2)c2ccc3c(c2)oc2cc4c5ccc(N(c6ccccc6)c6ccccc6)cc5n(-c5cccc6ccccc56)c4cc23)=C1. The summed E-state index contributed by atoms with van der Waals surface area (Å²) < 4.78 is 9.26. The molecule has 0 bridgehead atoms. The van der Waals surface area contributed by atoms with Crippen LogP contribution >= 0.6 is 0 Å². The molecule has 0 spiro atoms. The van der Waals surface area contributed by atoms with Gasteiger partial charge in [0, 0.05) is 67.1 Å². The third kappa shape index (κ3) is 5.30. The van der Waals surface area contributed by atoms with Crippen LogP contribution in [0.5, 0.6) is 0 Å². The molecule has 2 aromatic heterocycles. The second-order valence-corrected chi connectivity index (χ2v) is 14.5. The van der Waals surface area contributed by atoms with E-state index < -0.39 is 0 Å². The minimum absolute atomic E-state index is 0.878. The van der Waals surface area contributed by atoms with Gasteiger partial charge in [0.25, 0.3) is 0 Å². The summed E-state index contributed by atoms with van der Waals surface area (Å²) >= 11 is 0. The van der Waals surface area contributed by atoms with Crippen LogP contribution in [-0.2, 0) is 0 Å². The van der Waals surface area contributed by atoms with Gasteiger partial charge in [-0.1, -0.05) is 109 Å². The largest absolute Gasteiger partial charge is 0.456 e. The molecule has 10 aromatic rings. The van der Waals surface area contributed by atoms with E-state index in [2.05, 4.69) is 215 Å². The van der Waals surface area contributed by atoms with Crippen molar-refractivity contribution in [2.45, 2.75) is 12.8 Å². The number of allylic oxidation sites excluding steroid dienone is 4. The summed E-state index contributed by atoms with van der Waals surface area (Å²) in [6.07, 6.45) is 8.64. The summed E-state index contributed by atoms with van der Waals surface area (Å²) in [5, 5.41) is 6.95. The number of aromatic nitrogens is 1. The van der Waals surface area contributed by atoms with Crippen molar-refractivity contribution in [1.82, 2.24) is 4.57 Å². The topological polar surface area (TPSA) is 24.6 Å². The summed E-state index contributed by atoms with van der Waals surface area (Å²) in [7, 11) is 0. The molecule has 1 aliphatic carbocycles. The van der Waals surface area contributed by atoms with Gasteiger partial charge < -0.3 is 18.8 Å². The Bertz CT molecular complexity index is 3090. The maximum absolute atomic E-state index is 6.81. The fraction of sp³-hybridized carbons (Fsp3) is 0.0385. The summed E-state index contributed by atoms with van der Waals surface area (Å²) in [5.74, 6) is 0. The number of fused-ring (bicyclic) bond motifs is 7. The second-order valence-electron chi connectivity index (χ2n) is 14.5. The van der Waals surface area contributed by atoms with Crippen LogP contribution < -0.4 is 9.80 Å². The van der Waals surface area contributed by atoms with Gasteiger partial charge in [-0.25, -0.2) is 0 Å². The first-order valence-corrected chi connectivity index (χ1v) is 19.3. The van der Waals surface area contributed by atoms with Crippen LogP contribution in [0.3, 0.4) is 0 Å². The highest BCUT2D eigenvalue weighted by Gasteiger charge is 2.22. The Morgan fingerprint density at radius 2 is 1.04 bits per heavy atom. The molecule has 0 unspecified atom stereocenters. The molecule has 1 aliphatic rings. The van der Waals surface area contributed by atoms with E-state index in [1.54, 1.807) is 0 Å². The Balaban J connectivity index is 1.15. The number of nitrogens with zero attached hydrogens (tertiary/aromatic N) is 3. The molecule has 0 radical (unpaired) electrons. The van der Waals surface area contributed by atoms with Crippen molar-refractivity contribution in [1.29, 1.82) is 0 Å². The predicted octanol–water partition coefficient (Wildman–Crippen LogP) is 14.7. The highest BCUT2D eigenvalue weighted by Crippen LogP contribution is 2.44. The summed E-state index contributed by atoms with van der Waals surface area (Å²) in [6, 6.07) is 65.3. The highest BCUT2D eigenvalue weighted by molar-refractivity contribution is 6.18. The van der Waals surface area contributed by atoms with Gasteiger partial charge in [0.1, 0.15) is 11.2 Å². The molecular weight excluding hydrogens is 683 g/mol. The Morgan fingerprint density at radius 3 is 1.75 bits per heavy atom. The third-order valence-electron chi connectivity index (χ3n) is 11.2. The van der Waals surface area contributed by atoms with E-state index in [9.17, 15) is 0 Å². The summed E-state index contributed by atoms with van der Waals surface area (Å²) in [6.45, 7) is 0. The summed E-state index contributed by atoms with van der Waals surface area (Å²) in [5.41, 5.74) is 12.0. The lowest BCUT2D eigenvalue weighted by Gasteiger charge is -2.28. The maximum atomic E-state index is 6.81. The first-order valence-electron chi connectivity index (χ1n) is 19.3. The summed E-state index contributed by atoms with van der Waals surface area (Å²) in [4.78, 5) is 4.69. The standard InChI is InChI=1S/C52H37N3O/c1-5-18-37(19-6-1)53(38-20-7-2-8-21-38)41-28-30-44-46-35-52-47(34-50(46)55(49(44)32-41)48-27-15-17-36-16-13-14-26-43(36)48)45-31-29-42(33-51(45)56-52)54(39-22-9-3-10-23-39)40-24-11-4-12-25-40/h1-11,13-24,26-35H,12,25H2. The fourth-order valence-corrected chi connectivity index (χ4v) is 8.64. The lowest BCUT2D eigenvalue weighted by Crippen LogP contribution is -2.17. The molecule has 0 saturated heterocycles. The van der Waals surface area contributed by atoms with E-state index in [4.69, 9.17) is 4.42 Å². The van der Waals surface area contributed by atoms with Crippen LogP contribution in [0.25, 0.3) is 60.2 Å². The van der Waals surface area contributed by atoms with E-state index in [1.165, 1.54) is 21.9 Å². The highest BCUT2D eigenvalue weighted by atomic mass is 16.3. The van der Waals surface area contributed by atoms with Crippen molar-refractivity contribution in [3.8, 4) is 5.69 Å². The second kappa shape index (κ2) is 13.2. The van der Waals surface area contributed by atoms with Crippen molar-refractivity contribution in [2.75, 3.05) is 9.80 Å². The molecule has 0 N–H and O–H groups in total. The van der Waals surface area contributed by atoms with Gasteiger partial charge in [-0.15, -0.1) is 0 Å². The minimum atomic E-state index is 0.878. The van der Waals surface area contributed by atoms with Crippen LogP contribution in [0.15, 0.2) is 210 Å². The lowest BCUT2D eigenvalue weighted by molar-refractivity contribution is 0.669. The third-order valence-corrected chi connectivity index (χ3v) is 11.2. The molecule has 56 heavy (non-hydrogen) atoms. The first kappa shape index (κ1) is 32.2. The molecule has 2 heterocycles. The van der Waals surface area contributed by atoms with Crippen molar-refractivity contribution >= 4 is 83.0 Å². The van der Waals surface area contributed by atoms with Gasteiger partial charge in [0.05, 0.1) is 16.7 Å². The van der Waals surface area contributed by atoms with Crippen LogP contribution in [0, 0.1) is 0 Å². The van der Waals surface area contributed by atoms with Crippen molar-refractivity contribution in [3.05, 3.63) is 206 Å². The first-order chi connectivity index (χ1) is 27.8. The zero-order valence-corrected chi connectivity index (χ0v) is 30.7. The molecule has 0 saturated carbocycles. The number of anilines is 5. The van der Waals surface area contributed by atoms with Gasteiger partial charge in [0.15, 0.2) is 0 Å². The smallest absolute Gasteiger partial charge is 0.137 e. The Morgan fingerprint density at radius 1 is 0.429 bits per heavy atom. The number of hydrogen-bond acceptors (Lipinski definition) is 3. The monoisotopic (exact) mass is 719 g/mol. The van der Waals surface area contributed by atoms with Crippen molar-refractivity contribution in [2.24, 2.45) is 0 Å². The molecule has 0 atom stereocenters. The van der Waals surface area contributed by atoms with E-state index >= 15 is 0 Å². The number of rotatable bonds is 7. The van der Waals surface area contributed by atoms with Crippen LogP contribution in [0.4, 0.5) is 28.4 Å².